The molecule has 3 heteroatoms. The molecule has 0 saturated heterocycles. The molecule has 70 valence electrons. The lowest BCUT2D eigenvalue weighted by atomic mass is 10.1. The molecule has 0 aliphatic carbocycles. The van der Waals surface area contributed by atoms with Gasteiger partial charge in [0.05, 0.1) is 3.81 Å². The van der Waals surface area contributed by atoms with Crippen LogP contribution in [0.25, 0.3) is 5.57 Å². The van der Waals surface area contributed by atoms with Crippen molar-refractivity contribution < 1.29 is 0 Å². The van der Waals surface area contributed by atoms with E-state index in [4.69, 9.17) is 0 Å². The monoisotopic (exact) mass is 368 g/mol. The number of halogens is 2. The van der Waals surface area contributed by atoms with Crippen molar-refractivity contribution >= 4 is 51.6 Å². The Hall–Kier alpha value is 0.520. The van der Waals surface area contributed by atoms with Crippen LogP contribution in [-0.2, 0) is 0 Å². The highest BCUT2D eigenvalue weighted by atomic mass is 127. The lowest BCUT2D eigenvalue weighted by molar-refractivity contribution is 1.24. The van der Waals surface area contributed by atoms with Crippen LogP contribution in [0.4, 0.5) is 0 Å². The zero-order chi connectivity index (χ0) is 9.68. The maximum absolute atomic E-state index is 3.58. The van der Waals surface area contributed by atoms with E-state index in [-0.39, 0.29) is 0 Å². The van der Waals surface area contributed by atoms with Gasteiger partial charge in [0, 0.05) is 21.2 Å². The molecule has 0 aromatic heterocycles. The van der Waals surface area contributed by atoms with Gasteiger partial charge in [0.2, 0.25) is 0 Å². The third kappa shape index (κ3) is 3.29. The third-order valence-electron chi connectivity index (χ3n) is 1.78. The van der Waals surface area contributed by atoms with Gasteiger partial charge in [-0.05, 0) is 42.4 Å². The van der Waals surface area contributed by atoms with Gasteiger partial charge in [-0.1, -0.05) is 37.3 Å². The number of hydrogen-bond donors (Lipinski definition) is 0. The van der Waals surface area contributed by atoms with E-state index < -0.39 is 0 Å². The van der Waals surface area contributed by atoms with Crippen LogP contribution in [0.15, 0.2) is 34.1 Å². The second-order valence-electron chi connectivity index (χ2n) is 2.55. The van der Waals surface area contributed by atoms with Crippen molar-refractivity contribution in [3.8, 4) is 0 Å². The SMILES string of the molecule is CC/C(=C(\Br)SI)c1ccccc1. The molecule has 13 heavy (non-hydrogen) atoms. The van der Waals surface area contributed by atoms with Crippen LogP contribution in [0.5, 0.6) is 0 Å². The van der Waals surface area contributed by atoms with Crippen molar-refractivity contribution in [2.75, 3.05) is 0 Å². The van der Waals surface area contributed by atoms with Crippen molar-refractivity contribution in [2.24, 2.45) is 0 Å². The van der Waals surface area contributed by atoms with E-state index in [1.54, 1.807) is 8.93 Å². The Kier molecular flexibility index (Phi) is 5.43. The van der Waals surface area contributed by atoms with Crippen LogP contribution < -0.4 is 0 Å². The molecule has 0 unspecified atom stereocenters. The summed E-state index contributed by atoms with van der Waals surface area (Å²) in [5.74, 6) is 0. The van der Waals surface area contributed by atoms with E-state index in [1.165, 1.54) is 15.0 Å². The molecule has 0 atom stereocenters. The zero-order valence-electron chi connectivity index (χ0n) is 7.26. The fourth-order valence-corrected chi connectivity index (χ4v) is 2.80. The van der Waals surface area contributed by atoms with Gasteiger partial charge in [-0.15, -0.1) is 0 Å². The van der Waals surface area contributed by atoms with Crippen molar-refractivity contribution in [3.63, 3.8) is 0 Å². The Balaban J connectivity index is 3.05. The first-order valence-corrected chi connectivity index (χ1v) is 8.17. The van der Waals surface area contributed by atoms with Crippen LogP contribution in [0.2, 0.25) is 0 Å². The third-order valence-corrected chi connectivity index (χ3v) is 6.26. The standard InChI is InChI=1S/C10H10BrIS/c1-2-9(10(11)13-12)8-6-4-3-5-7-8/h3-7H,2H2,1H3/b10-9-. The first kappa shape index (κ1) is 11.6. The van der Waals surface area contributed by atoms with E-state index in [2.05, 4.69) is 68.3 Å². The van der Waals surface area contributed by atoms with Gasteiger partial charge in [0.15, 0.2) is 0 Å². The molecule has 1 rings (SSSR count). The Labute approximate surface area is 104 Å². The van der Waals surface area contributed by atoms with Gasteiger partial charge in [0.25, 0.3) is 0 Å². The normalized spacial score (nSPS) is 12.5. The highest BCUT2D eigenvalue weighted by molar-refractivity contribution is 14.2. The highest BCUT2D eigenvalue weighted by Gasteiger charge is 2.03. The average molecular weight is 369 g/mol. The fraction of sp³-hybridized carbons (Fsp3) is 0.200. The van der Waals surface area contributed by atoms with E-state index >= 15 is 0 Å². The van der Waals surface area contributed by atoms with Gasteiger partial charge in [-0.25, -0.2) is 0 Å². The van der Waals surface area contributed by atoms with Gasteiger partial charge in [0.1, 0.15) is 0 Å². The van der Waals surface area contributed by atoms with Crippen molar-refractivity contribution in [1.29, 1.82) is 0 Å². The van der Waals surface area contributed by atoms with Gasteiger partial charge in [-0.2, -0.15) is 0 Å². The average Bonchev–Trinajstić information content (AvgIpc) is 2.20. The molecular formula is C10H10BrIS. The van der Waals surface area contributed by atoms with Crippen LogP contribution in [0.1, 0.15) is 18.9 Å². The lowest BCUT2D eigenvalue weighted by Gasteiger charge is -2.06. The summed E-state index contributed by atoms with van der Waals surface area (Å²) in [7, 11) is 1.72. The topological polar surface area (TPSA) is 0 Å². The Morgan fingerprint density at radius 2 is 2.00 bits per heavy atom. The quantitative estimate of drug-likeness (QED) is 0.657. The molecule has 0 aliphatic rings. The summed E-state index contributed by atoms with van der Waals surface area (Å²) >= 11 is 5.87. The highest BCUT2D eigenvalue weighted by Crippen LogP contribution is 2.37. The summed E-state index contributed by atoms with van der Waals surface area (Å²) < 4.78 is 1.22. The lowest BCUT2D eigenvalue weighted by Crippen LogP contribution is -1.82. The molecule has 0 spiro atoms. The van der Waals surface area contributed by atoms with Crippen molar-refractivity contribution in [2.45, 2.75) is 13.3 Å². The Bertz CT molecular complexity index is 295. The number of rotatable bonds is 3. The number of allylic oxidation sites excluding steroid dienone is 1. The molecule has 0 nitrogen and oxygen atoms in total. The predicted molar refractivity (Wildman–Crippen MR) is 74.2 cm³/mol. The van der Waals surface area contributed by atoms with Crippen LogP contribution in [0.3, 0.4) is 0 Å². The molecule has 1 aromatic rings. The summed E-state index contributed by atoms with van der Waals surface area (Å²) in [5, 5.41) is 0. The number of hydrogen-bond acceptors (Lipinski definition) is 1. The molecule has 0 aliphatic heterocycles. The summed E-state index contributed by atoms with van der Waals surface area (Å²) in [5.41, 5.74) is 2.68. The first-order chi connectivity index (χ1) is 6.29. The summed E-state index contributed by atoms with van der Waals surface area (Å²) in [6.07, 6.45) is 1.06. The molecule has 0 bridgehead atoms. The minimum Gasteiger partial charge on any atom is -0.0622 e. The minimum absolute atomic E-state index is 1.06. The molecule has 0 radical (unpaired) electrons. The fourth-order valence-electron chi connectivity index (χ4n) is 1.14. The van der Waals surface area contributed by atoms with E-state index in [0.29, 0.717) is 0 Å². The smallest absolute Gasteiger partial charge is 0.0622 e. The van der Waals surface area contributed by atoms with Crippen molar-refractivity contribution in [1.82, 2.24) is 0 Å². The minimum atomic E-state index is 1.06. The second kappa shape index (κ2) is 6.09. The van der Waals surface area contributed by atoms with Crippen molar-refractivity contribution in [3.05, 3.63) is 39.7 Å². The second-order valence-corrected chi connectivity index (χ2v) is 5.75. The summed E-state index contributed by atoms with van der Waals surface area (Å²) in [6, 6.07) is 10.5. The van der Waals surface area contributed by atoms with E-state index in [0.717, 1.165) is 6.42 Å². The van der Waals surface area contributed by atoms with Crippen LogP contribution >= 0.6 is 46.1 Å². The molecule has 0 fully saturated rings. The molecule has 0 N–H and O–H groups in total. The number of benzene rings is 1. The molecule has 0 amide bonds. The summed E-state index contributed by atoms with van der Waals surface area (Å²) in [6.45, 7) is 2.18. The van der Waals surface area contributed by atoms with Gasteiger partial charge < -0.3 is 0 Å². The van der Waals surface area contributed by atoms with Gasteiger partial charge in [-0.3, -0.25) is 0 Å². The summed E-state index contributed by atoms with van der Waals surface area (Å²) in [4.78, 5) is 0. The molecule has 0 heterocycles. The largest absolute Gasteiger partial charge is 0.0645 e. The van der Waals surface area contributed by atoms with Crippen LogP contribution in [-0.4, -0.2) is 0 Å². The molecular weight excluding hydrogens is 359 g/mol. The van der Waals surface area contributed by atoms with Crippen LogP contribution in [0, 0.1) is 0 Å². The maximum atomic E-state index is 3.58. The molecule has 1 aromatic carbocycles. The van der Waals surface area contributed by atoms with E-state index in [1.807, 2.05) is 6.07 Å². The van der Waals surface area contributed by atoms with E-state index in [9.17, 15) is 0 Å². The Morgan fingerprint density at radius 1 is 1.38 bits per heavy atom. The zero-order valence-corrected chi connectivity index (χ0v) is 11.8. The Morgan fingerprint density at radius 3 is 2.46 bits per heavy atom. The first-order valence-electron chi connectivity index (χ1n) is 4.02. The predicted octanol–water partition coefficient (Wildman–Crippen LogP) is 5.24. The maximum Gasteiger partial charge on any atom is 0.0645 e. The molecule has 0 saturated carbocycles. The van der Waals surface area contributed by atoms with Gasteiger partial charge >= 0.3 is 0 Å².